The van der Waals surface area contributed by atoms with Crippen molar-refractivity contribution in [2.24, 2.45) is 5.92 Å². The molecular formula is C26H37N3O7. The number of nitrogens with zero attached hydrogens (tertiary/aromatic N) is 1. The van der Waals surface area contributed by atoms with Crippen molar-refractivity contribution in [1.29, 1.82) is 5.41 Å². The number of hydrogen-bond acceptors (Lipinski definition) is 8. The molecule has 2 N–H and O–H groups in total. The Morgan fingerprint density at radius 1 is 1.08 bits per heavy atom. The zero-order chi connectivity index (χ0) is 26.9. The molecule has 2 amide bonds. The molecule has 10 nitrogen and oxygen atoms in total. The minimum Gasteiger partial charge on any atom is -0.464 e. The highest BCUT2D eigenvalue weighted by Gasteiger charge is 2.27. The molecule has 1 saturated heterocycles. The van der Waals surface area contributed by atoms with E-state index in [9.17, 15) is 19.2 Å². The van der Waals surface area contributed by atoms with Crippen molar-refractivity contribution >= 4 is 29.6 Å². The fourth-order valence-electron chi connectivity index (χ4n) is 3.71. The molecule has 1 aromatic carbocycles. The predicted molar refractivity (Wildman–Crippen MR) is 133 cm³/mol. The number of amidine groups is 1. The highest BCUT2D eigenvalue weighted by molar-refractivity contribution is 6.05. The van der Waals surface area contributed by atoms with Gasteiger partial charge in [0.15, 0.2) is 5.78 Å². The summed E-state index contributed by atoms with van der Waals surface area (Å²) in [5.74, 6) is -1.32. The molecule has 10 heteroatoms. The van der Waals surface area contributed by atoms with E-state index in [0.717, 1.165) is 0 Å². The maximum atomic E-state index is 12.9. The number of piperidine rings is 1. The minimum absolute atomic E-state index is 0.0882. The molecule has 2 rings (SSSR count). The van der Waals surface area contributed by atoms with Gasteiger partial charge in [-0.15, -0.1) is 0 Å². The van der Waals surface area contributed by atoms with Gasteiger partial charge in [0.1, 0.15) is 18.0 Å². The normalized spacial score (nSPS) is 15.1. The molecule has 1 fully saturated rings. The second-order valence-corrected chi connectivity index (χ2v) is 9.74. The van der Waals surface area contributed by atoms with Crippen molar-refractivity contribution < 1.29 is 33.4 Å². The summed E-state index contributed by atoms with van der Waals surface area (Å²) in [4.78, 5) is 50.6. The third kappa shape index (κ3) is 9.41. The summed E-state index contributed by atoms with van der Waals surface area (Å²) in [7, 11) is 0. The van der Waals surface area contributed by atoms with E-state index in [-0.39, 0.29) is 36.7 Å². The van der Waals surface area contributed by atoms with E-state index < -0.39 is 23.6 Å². The molecule has 0 aromatic heterocycles. The van der Waals surface area contributed by atoms with Gasteiger partial charge in [0.05, 0.1) is 12.7 Å². The fourth-order valence-corrected chi connectivity index (χ4v) is 3.71. The predicted octanol–water partition coefficient (Wildman–Crippen LogP) is 3.32. The summed E-state index contributed by atoms with van der Waals surface area (Å²) < 4.78 is 15.6. The highest BCUT2D eigenvalue weighted by atomic mass is 16.6. The van der Waals surface area contributed by atoms with Gasteiger partial charge in [0.25, 0.3) is 0 Å². The second kappa shape index (κ2) is 13.2. The molecule has 0 saturated carbocycles. The van der Waals surface area contributed by atoms with Crippen molar-refractivity contribution in [2.45, 2.75) is 65.6 Å². The van der Waals surface area contributed by atoms with Gasteiger partial charge in [-0.3, -0.25) is 20.3 Å². The summed E-state index contributed by atoms with van der Waals surface area (Å²) in [6.07, 6.45) is 0.510. The van der Waals surface area contributed by atoms with Gasteiger partial charge in [-0.1, -0.05) is 31.2 Å². The summed E-state index contributed by atoms with van der Waals surface area (Å²) in [5.41, 5.74) is 0.173. The molecule has 1 aliphatic heterocycles. The quantitative estimate of drug-likeness (QED) is 0.228. The summed E-state index contributed by atoms with van der Waals surface area (Å²) in [6, 6.07) is 6.30. The van der Waals surface area contributed by atoms with E-state index in [1.807, 2.05) is 0 Å². The van der Waals surface area contributed by atoms with E-state index >= 15 is 0 Å². The van der Waals surface area contributed by atoms with Gasteiger partial charge in [0.2, 0.25) is 5.91 Å². The van der Waals surface area contributed by atoms with Gasteiger partial charge in [-0.25, -0.2) is 9.59 Å². The zero-order valence-electron chi connectivity index (χ0n) is 21.7. The molecule has 1 unspecified atom stereocenters. The third-order valence-corrected chi connectivity index (χ3v) is 5.55. The number of nitrogens with one attached hydrogen (secondary N) is 2. The monoisotopic (exact) mass is 503 g/mol. The van der Waals surface area contributed by atoms with Crippen LogP contribution in [-0.2, 0) is 23.8 Å². The number of carbonyl (C=O) groups excluding carboxylic acids is 4. The lowest BCUT2D eigenvalue weighted by Gasteiger charge is -2.32. The molecule has 198 valence electrons. The summed E-state index contributed by atoms with van der Waals surface area (Å²) in [6.45, 7) is 9.88. The lowest BCUT2D eigenvalue weighted by molar-refractivity contribution is -0.152. The zero-order valence-corrected chi connectivity index (χ0v) is 21.7. The number of likely N-dealkylation sites (tertiary alicyclic amines) is 1. The lowest BCUT2D eigenvalue weighted by atomic mass is 9.94. The van der Waals surface area contributed by atoms with Crippen molar-refractivity contribution in [3.63, 3.8) is 0 Å². The van der Waals surface area contributed by atoms with Crippen LogP contribution in [0.15, 0.2) is 24.3 Å². The molecule has 0 bridgehead atoms. The average Bonchev–Trinajstić information content (AvgIpc) is 2.81. The number of ketones is 1. The molecule has 1 aromatic rings. The van der Waals surface area contributed by atoms with Crippen LogP contribution >= 0.6 is 0 Å². The van der Waals surface area contributed by atoms with Crippen molar-refractivity contribution in [1.82, 2.24) is 10.2 Å². The smallest absolute Gasteiger partial charge is 0.413 e. The van der Waals surface area contributed by atoms with E-state index in [1.165, 1.54) is 0 Å². The lowest BCUT2D eigenvalue weighted by Crippen LogP contribution is -2.42. The molecule has 1 heterocycles. The van der Waals surface area contributed by atoms with Crippen LogP contribution in [0.25, 0.3) is 0 Å². The van der Waals surface area contributed by atoms with Crippen LogP contribution in [0.4, 0.5) is 4.79 Å². The van der Waals surface area contributed by atoms with Gasteiger partial charge < -0.3 is 19.1 Å². The minimum atomic E-state index is -0.727. The largest absolute Gasteiger partial charge is 0.464 e. The van der Waals surface area contributed by atoms with Crippen molar-refractivity contribution in [3.8, 4) is 0 Å². The Bertz CT molecular complexity index is 945. The van der Waals surface area contributed by atoms with Crippen LogP contribution in [-0.4, -0.2) is 72.5 Å². The Balaban J connectivity index is 1.81. The molecule has 0 radical (unpaired) electrons. The van der Waals surface area contributed by atoms with Crippen molar-refractivity contribution in [3.05, 3.63) is 35.4 Å². The van der Waals surface area contributed by atoms with Crippen LogP contribution in [0.5, 0.6) is 0 Å². The second-order valence-electron chi connectivity index (χ2n) is 9.74. The first kappa shape index (κ1) is 29.0. The van der Waals surface area contributed by atoms with E-state index in [4.69, 9.17) is 19.6 Å². The van der Waals surface area contributed by atoms with Gasteiger partial charge >= 0.3 is 12.1 Å². The molecule has 0 spiro atoms. The average molecular weight is 504 g/mol. The highest BCUT2D eigenvalue weighted by Crippen LogP contribution is 2.19. The van der Waals surface area contributed by atoms with E-state index in [1.54, 1.807) is 63.8 Å². The molecule has 36 heavy (non-hydrogen) atoms. The van der Waals surface area contributed by atoms with E-state index in [2.05, 4.69) is 5.32 Å². The number of amides is 2. The number of ether oxygens (including phenoxy) is 3. The van der Waals surface area contributed by atoms with Gasteiger partial charge in [0, 0.05) is 36.6 Å². The Labute approximate surface area is 212 Å². The number of Topliss-reactive ketones (excluding diaryl/α,β-unsaturated/α-hetero) is 1. The summed E-state index contributed by atoms with van der Waals surface area (Å²) in [5, 5.41) is 10.4. The Morgan fingerprint density at radius 2 is 1.67 bits per heavy atom. The fraction of sp³-hybridized carbons (Fsp3) is 0.577. The van der Waals surface area contributed by atoms with Crippen LogP contribution in [0.1, 0.15) is 69.8 Å². The number of alkyl carbamates (subject to hydrolysis) is 1. The van der Waals surface area contributed by atoms with Gasteiger partial charge in [-0.2, -0.15) is 0 Å². The maximum absolute atomic E-state index is 12.9. The Hall–Kier alpha value is -3.27. The van der Waals surface area contributed by atoms with Crippen LogP contribution in [0.2, 0.25) is 0 Å². The first-order valence-corrected chi connectivity index (χ1v) is 12.2. The van der Waals surface area contributed by atoms with Crippen LogP contribution < -0.4 is 5.32 Å². The number of hydrogen-bond donors (Lipinski definition) is 2. The maximum Gasteiger partial charge on any atom is 0.413 e. The number of carbonyl (C=O) groups is 4. The Morgan fingerprint density at radius 3 is 2.22 bits per heavy atom. The van der Waals surface area contributed by atoms with E-state index in [0.29, 0.717) is 43.7 Å². The molecule has 1 atom stereocenters. The molecule has 1 aliphatic rings. The topological polar surface area (TPSA) is 135 Å². The van der Waals surface area contributed by atoms with Crippen LogP contribution in [0, 0.1) is 11.3 Å². The molecule has 0 aliphatic carbocycles. The summed E-state index contributed by atoms with van der Waals surface area (Å²) >= 11 is 0. The van der Waals surface area contributed by atoms with Crippen LogP contribution in [0.3, 0.4) is 0 Å². The first-order valence-electron chi connectivity index (χ1n) is 12.2. The number of rotatable bonds is 9. The molecular weight excluding hydrogens is 466 g/mol. The van der Waals surface area contributed by atoms with Gasteiger partial charge in [-0.05, 0) is 40.5 Å². The number of benzene rings is 1. The number of esters is 1. The first-order chi connectivity index (χ1) is 16.9. The third-order valence-electron chi connectivity index (χ3n) is 5.55. The van der Waals surface area contributed by atoms with Crippen molar-refractivity contribution in [2.75, 3.05) is 26.3 Å². The standard InChI is InChI=1S/C26H37N3O7/c1-6-34-22(31)16-35-20-11-13-29(14-12-20)21(30)15-17(2)23(32)18-7-9-19(10-8-18)24(27)28-25(33)36-26(3,4)5/h7-10,17,20H,6,11-16H2,1-5H3,(H2,27,28,33). The SMILES string of the molecule is CCOC(=O)COC1CCN(C(=O)CC(C)C(=O)c2ccc(C(=N)NC(=O)OC(C)(C)C)cc2)CC1. The Kier molecular flexibility index (Phi) is 10.6.